The number of aliphatic hydroxyl groups excluding tert-OH is 1. The van der Waals surface area contributed by atoms with Crippen LogP contribution in [0.25, 0.3) is 0 Å². The molecule has 1 heterocycles. The van der Waals surface area contributed by atoms with E-state index < -0.39 is 6.10 Å². The number of benzene rings is 1. The molecule has 2 atom stereocenters. The highest BCUT2D eigenvalue weighted by atomic mass is 79.9. The van der Waals surface area contributed by atoms with Gasteiger partial charge in [-0.05, 0) is 56.5 Å². The molecule has 1 aromatic carbocycles. The summed E-state index contributed by atoms with van der Waals surface area (Å²) < 4.78 is 7.17. The predicted octanol–water partition coefficient (Wildman–Crippen LogP) is 2.69. The Labute approximate surface area is 111 Å². The predicted molar refractivity (Wildman–Crippen MR) is 70.8 cm³/mol. The molecule has 0 spiro atoms. The molecule has 0 aromatic heterocycles. The first-order chi connectivity index (χ1) is 7.58. The van der Waals surface area contributed by atoms with Crippen molar-refractivity contribution in [1.29, 1.82) is 0 Å². The van der Waals surface area contributed by atoms with Crippen molar-refractivity contribution in [1.82, 2.24) is 0 Å². The van der Waals surface area contributed by atoms with Crippen molar-refractivity contribution in [2.24, 2.45) is 0 Å². The van der Waals surface area contributed by atoms with Crippen LogP contribution in [0.15, 0.2) is 21.1 Å². The van der Waals surface area contributed by atoms with Crippen LogP contribution in [0.3, 0.4) is 0 Å². The highest BCUT2D eigenvalue weighted by Crippen LogP contribution is 2.33. The van der Waals surface area contributed by atoms with Gasteiger partial charge in [-0.3, -0.25) is 0 Å². The van der Waals surface area contributed by atoms with E-state index in [1.54, 1.807) is 0 Å². The molecule has 2 unspecified atom stereocenters. The lowest BCUT2D eigenvalue weighted by Crippen LogP contribution is -2.32. The molecule has 1 aliphatic heterocycles. The molecule has 16 heavy (non-hydrogen) atoms. The maximum absolute atomic E-state index is 9.67. The highest BCUT2D eigenvalue weighted by Gasteiger charge is 2.26. The fraction of sp³-hybridized carbons (Fsp3) is 0.455. The Kier molecular flexibility index (Phi) is 3.89. The van der Waals surface area contributed by atoms with Crippen LogP contribution < -0.4 is 5.32 Å². The van der Waals surface area contributed by atoms with Crippen LogP contribution in [0.1, 0.15) is 5.56 Å². The fourth-order valence-electron chi connectivity index (χ4n) is 1.70. The van der Waals surface area contributed by atoms with Gasteiger partial charge >= 0.3 is 0 Å². The molecule has 2 rings (SSSR count). The first-order valence-electron chi connectivity index (χ1n) is 5.06. The molecular formula is C11H13Br2NO2. The smallest absolute Gasteiger partial charge is 0.0996 e. The Morgan fingerprint density at radius 3 is 2.44 bits per heavy atom. The first-order valence-corrected chi connectivity index (χ1v) is 6.64. The summed E-state index contributed by atoms with van der Waals surface area (Å²) in [6.07, 6.45) is -0.444. The van der Waals surface area contributed by atoms with Gasteiger partial charge in [-0.2, -0.15) is 0 Å². The number of hydrogen-bond donors (Lipinski definition) is 2. The molecule has 0 amide bonds. The van der Waals surface area contributed by atoms with Gasteiger partial charge in [0.25, 0.3) is 0 Å². The van der Waals surface area contributed by atoms with Crippen molar-refractivity contribution in [3.63, 3.8) is 0 Å². The van der Waals surface area contributed by atoms with E-state index in [-0.39, 0.29) is 6.04 Å². The topological polar surface area (TPSA) is 41.5 Å². The first kappa shape index (κ1) is 12.4. The van der Waals surface area contributed by atoms with E-state index in [9.17, 15) is 5.11 Å². The number of nitrogens with one attached hydrogen (secondary N) is 1. The number of aliphatic hydroxyl groups is 1. The Balaban J connectivity index is 2.21. The minimum absolute atomic E-state index is 0.0460. The van der Waals surface area contributed by atoms with E-state index in [4.69, 9.17) is 4.74 Å². The summed E-state index contributed by atoms with van der Waals surface area (Å²) in [5.41, 5.74) is 2.13. The molecule has 2 N–H and O–H groups in total. The van der Waals surface area contributed by atoms with Gasteiger partial charge in [0.1, 0.15) is 0 Å². The van der Waals surface area contributed by atoms with Crippen molar-refractivity contribution in [3.05, 3.63) is 26.6 Å². The van der Waals surface area contributed by atoms with Gasteiger partial charge in [0.2, 0.25) is 0 Å². The molecule has 5 heteroatoms. The highest BCUT2D eigenvalue weighted by molar-refractivity contribution is 9.11. The van der Waals surface area contributed by atoms with Gasteiger partial charge in [0, 0.05) is 8.95 Å². The lowest BCUT2D eigenvalue weighted by Gasteiger charge is -2.18. The van der Waals surface area contributed by atoms with Crippen LogP contribution in [-0.2, 0) is 4.74 Å². The number of rotatable bonds is 2. The molecule has 1 aromatic rings. The maximum Gasteiger partial charge on any atom is 0.0996 e. The third kappa shape index (κ3) is 2.59. The molecule has 1 fully saturated rings. The Morgan fingerprint density at radius 2 is 1.94 bits per heavy atom. The molecule has 3 nitrogen and oxygen atoms in total. The standard InChI is InChI=1S/C11H13Br2NO2/c1-6-2-7(12)11(8(13)3-6)14-9-4-16-5-10(9)15/h2-3,9-10,14-15H,4-5H2,1H3. The van der Waals surface area contributed by atoms with Crippen LogP contribution in [0.2, 0.25) is 0 Å². The molecule has 0 bridgehead atoms. The zero-order valence-electron chi connectivity index (χ0n) is 8.84. The van der Waals surface area contributed by atoms with E-state index in [0.717, 1.165) is 14.6 Å². The summed E-state index contributed by atoms with van der Waals surface area (Å²) in [5.74, 6) is 0. The largest absolute Gasteiger partial charge is 0.388 e. The van der Waals surface area contributed by atoms with Gasteiger partial charge in [-0.25, -0.2) is 0 Å². The van der Waals surface area contributed by atoms with E-state index in [1.807, 2.05) is 19.1 Å². The zero-order valence-corrected chi connectivity index (χ0v) is 12.0. The fourth-order valence-corrected chi connectivity index (χ4v) is 3.35. The second-order valence-electron chi connectivity index (χ2n) is 3.96. The molecule has 1 aliphatic rings. The van der Waals surface area contributed by atoms with Gasteiger partial charge in [-0.1, -0.05) is 0 Å². The summed E-state index contributed by atoms with van der Waals surface area (Å²) in [6.45, 7) is 2.97. The second kappa shape index (κ2) is 5.04. The third-order valence-corrected chi connectivity index (χ3v) is 3.82. The van der Waals surface area contributed by atoms with Crippen LogP contribution in [0, 0.1) is 6.92 Å². The third-order valence-electron chi connectivity index (χ3n) is 2.57. The van der Waals surface area contributed by atoms with E-state index >= 15 is 0 Å². The minimum Gasteiger partial charge on any atom is -0.388 e. The van der Waals surface area contributed by atoms with Gasteiger partial charge in [0.15, 0.2) is 0 Å². The molecule has 0 aliphatic carbocycles. The van der Waals surface area contributed by atoms with E-state index in [2.05, 4.69) is 37.2 Å². The SMILES string of the molecule is Cc1cc(Br)c(NC2COCC2O)c(Br)c1. The Hall–Kier alpha value is -0.100. The number of hydrogen-bond acceptors (Lipinski definition) is 3. The lowest BCUT2D eigenvalue weighted by atomic mass is 10.2. The van der Waals surface area contributed by atoms with Crippen LogP contribution in [-0.4, -0.2) is 30.5 Å². The van der Waals surface area contributed by atoms with Crippen molar-refractivity contribution >= 4 is 37.5 Å². The number of halogens is 2. The molecule has 88 valence electrons. The van der Waals surface area contributed by atoms with Crippen molar-refractivity contribution < 1.29 is 9.84 Å². The monoisotopic (exact) mass is 349 g/mol. The minimum atomic E-state index is -0.444. The second-order valence-corrected chi connectivity index (χ2v) is 5.67. The summed E-state index contributed by atoms with van der Waals surface area (Å²) in [4.78, 5) is 0. The average molecular weight is 351 g/mol. The summed E-state index contributed by atoms with van der Waals surface area (Å²) in [5, 5.41) is 13.0. The molecular weight excluding hydrogens is 338 g/mol. The number of ether oxygens (including phenoxy) is 1. The number of anilines is 1. The maximum atomic E-state index is 9.67. The van der Waals surface area contributed by atoms with E-state index in [1.165, 1.54) is 5.56 Å². The van der Waals surface area contributed by atoms with Gasteiger partial charge in [-0.15, -0.1) is 0 Å². The summed E-state index contributed by atoms with van der Waals surface area (Å²) in [6, 6.07) is 4.03. The van der Waals surface area contributed by atoms with Crippen molar-refractivity contribution in [2.75, 3.05) is 18.5 Å². The normalized spacial score (nSPS) is 24.8. The number of aryl methyl sites for hydroxylation is 1. The Bertz CT molecular complexity index is 375. The van der Waals surface area contributed by atoms with Crippen LogP contribution >= 0.6 is 31.9 Å². The van der Waals surface area contributed by atoms with Crippen LogP contribution in [0.4, 0.5) is 5.69 Å². The lowest BCUT2D eigenvalue weighted by molar-refractivity contribution is 0.125. The van der Waals surface area contributed by atoms with Crippen molar-refractivity contribution in [3.8, 4) is 0 Å². The summed E-state index contributed by atoms with van der Waals surface area (Å²) >= 11 is 7.02. The van der Waals surface area contributed by atoms with E-state index in [0.29, 0.717) is 13.2 Å². The Morgan fingerprint density at radius 1 is 1.31 bits per heavy atom. The average Bonchev–Trinajstić information content (AvgIpc) is 2.57. The van der Waals surface area contributed by atoms with Crippen molar-refractivity contribution in [2.45, 2.75) is 19.1 Å². The quantitative estimate of drug-likeness (QED) is 0.861. The molecule has 0 saturated carbocycles. The van der Waals surface area contributed by atoms with Crippen LogP contribution in [0.5, 0.6) is 0 Å². The van der Waals surface area contributed by atoms with Gasteiger partial charge < -0.3 is 15.2 Å². The molecule has 1 saturated heterocycles. The van der Waals surface area contributed by atoms with Gasteiger partial charge in [0.05, 0.1) is 31.0 Å². The zero-order chi connectivity index (χ0) is 11.7. The molecule has 0 radical (unpaired) electrons. The summed E-state index contributed by atoms with van der Waals surface area (Å²) in [7, 11) is 0.